The molecule has 4 nitrogen and oxygen atoms in total. The Morgan fingerprint density at radius 3 is 2.55 bits per heavy atom. The summed E-state index contributed by atoms with van der Waals surface area (Å²) in [5, 5.41) is 9.23. The Bertz CT molecular complexity index is 532. The van der Waals surface area contributed by atoms with Crippen LogP contribution in [0.4, 0.5) is 8.78 Å². The van der Waals surface area contributed by atoms with Crippen molar-refractivity contribution in [1.29, 1.82) is 0 Å². The highest BCUT2D eigenvalue weighted by Crippen LogP contribution is 2.44. The van der Waals surface area contributed by atoms with Gasteiger partial charge in [0.25, 0.3) is 0 Å². The molecule has 4 atom stereocenters. The molecule has 6 heteroatoms. The third-order valence-electron chi connectivity index (χ3n) is 3.88. The minimum atomic E-state index is -1.13. The van der Waals surface area contributed by atoms with E-state index in [0.29, 0.717) is 5.56 Å². The van der Waals surface area contributed by atoms with Crippen molar-refractivity contribution < 1.29 is 28.2 Å². The summed E-state index contributed by atoms with van der Waals surface area (Å²) in [6, 6.07) is 2.33. The average molecular weight is 286 g/mol. The molecule has 1 aromatic rings. The van der Waals surface area contributed by atoms with Crippen LogP contribution in [0.25, 0.3) is 0 Å². The summed E-state index contributed by atoms with van der Waals surface area (Å²) in [5.41, 5.74) is 0.315. The van der Waals surface area contributed by atoms with Crippen LogP contribution in [0.2, 0.25) is 0 Å². The fourth-order valence-electron chi connectivity index (χ4n) is 2.68. The number of methoxy groups -OCH3 is 1. The first-order valence-corrected chi connectivity index (χ1v) is 6.28. The molecule has 20 heavy (non-hydrogen) atoms. The number of ether oxygens (including phenoxy) is 2. The number of carbonyl (C=O) groups is 1. The van der Waals surface area contributed by atoms with Gasteiger partial charge in [0.1, 0.15) is 0 Å². The molecule has 1 saturated heterocycles. The van der Waals surface area contributed by atoms with E-state index < -0.39 is 29.6 Å². The normalized spacial score (nSPS) is 29.4. The fourth-order valence-corrected chi connectivity index (χ4v) is 2.68. The van der Waals surface area contributed by atoms with Gasteiger partial charge < -0.3 is 14.6 Å². The molecule has 4 unspecified atom stereocenters. The molecule has 0 bridgehead atoms. The van der Waals surface area contributed by atoms with E-state index in [0.717, 1.165) is 6.07 Å². The molecular formula is C14H16F2O4. The average Bonchev–Trinajstić information content (AvgIpc) is 2.69. The Balaban J connectivity index is 2.54. The molecule has 1 aromatic carbocycles. The first kappa shape index (κ1) is 14.7. The summed E-state index contributed by atoms with van der Waals surface area (Å²) >= 11 is 0. The lowest BCUT2D eigenvalue weighted by Crippen LogP contribution is -2.27. The number of benzene rings is 1. The summed E-state index contributed by atoms with van der Waals surface area (Å²) in [6.07, 6.45) is -1.39. The number of hydrogen-bond acceptors (Lipinski definition) is 3. The van der Waals surface area contributed by atoms with E-state index in [9.17, 15) is 18.7 Å². The predicted molar refractivity (Wildman–Crippen MR) is 66.8 cm³/mol. The lowest BCUT2D eigenvalue weighted by atomic mass is 9.82. The van der Waals surface area contributed by atoms with Crippen LogP contribution >= 0.6 is 0 Å². The first-order valence-electron chi connectivity index (χ1n) is 6.28. The van der Waals surface area contributed by atoms with E-state index in [1.807, 2.05) is 6.92 Å². The van der Waals surface area contributed by atoms with Crippen LogP contribution in [0.1, 0.15) is 25.3 Å². The van der Waals surface area contributed by atoms with Crippen LogP contribution < -0.4 is 4.74 Å². The van der Waals surface area contributed by atoms with E-state index >= 15 is 0 Å². The standard InChI is InChI=1S/C14H16F2O4/c1-6-7(2)20-13(14(17)18)10(6)8-4-5-9(15)11(16)12(8)19-3/h4-7,10,13H,1-3H3,(H,17,18). The zero-order chi connectivity index (χ0) is 15.0. The molecule has 2 rings (SSSR count). The SMILES string of the molecule is COc1c(C2C(C(=O)O)OC(C)C2C)ccc(F)c1F. The monoisotopic (exact) mass is 286 g/mol. The lowest BCUT2D eigenvalue weighted by molar-refractivity contribution is -0.149. The summed E-state index contributed by atoms with van der Waals surface area (Å²) in [5.74, 6) is -4.27. The van der Waals surface area contributed by atoms with E-state index in [2.05, 4.69) is 0 Å². The zero-order valence-corrected chi connectivity index (χ0v) is 11.4. The Labute approximate surface area is 115 Å². The highest BCUT2D eigenvalue weighted by Gasteiger charge is 2.46. The minimum Gasteiger partial charge on any atom is -0.493 e. The van der Waals surface area contributed by atoms with Gasteiger partial charge in [-0.1, -0.05) is 13.0 Å². The second-order valence-corrected chi connectivity index (χ2v) is 4.97. The molecule has 0 spiro atoms. The molecule has 0 amide bonds. The molecule has 0 aliphatic carbocycles. The maximum absolute atomic E-state index is 13.8. The van der Waals surface area contributed by atoms with Crippen molar-refractivity contribution in [2.75, 3.05) is 7.11 Å². The van der Waals surface area contributed by atoms with Crippen molar-refractivity contribution in [2.45, 2.75) is 32.0 Å². The van der Waals surface area contributed by atoms with Crippen molar-refractivity contribution in [3.8, 4) is 5.75 Å². The number of halogens is 2. The van der Waals surface area contributed by atoms with Crippen molar-refractivity contribution in [1.82, 2.24) is 0 Å². The van der Waals surface area contributed by atoms with E-state index in [1.54, 1.807) is 6.92 Å². The van der Waals surface area contributed by atoms with Gasteiger partial charge in [-0.25, -0.2) is 9.18 Å². The molecule has 0 aromatic heterocycles. The van der Waals surface area contributed by atoms with Crippen molar-refractivity contribution >= 4 is 5.97 Å². The third kappa shape index (κ3) is 2.24. The number of carboxylic acid groups (broad SMARTS) is 1. The Kier molecular flexibility index (Phi) is 3.94. The quantitative estimate of drug-likeness (QED) is 0.928. The largest absolute Gasteiger partial charge is 0.493 e. The molecule has 110 valence electrons. The maximum Gasteiger partial charge on any atom is 0.333 e. The molecular weight excluding hydrogens is 270 g/mol. The first-order chi connectivity index (χ1) is 9.38. The van der Waals surface area contributed by atoms with Crippen molar-refractivity contribution in [3.63, 3.8) is 0 Å². The molecule has 1 aliphatic heterocycles. The molecule has 1 N–H and O–H groups in total. The van der Waals surface area contributed by atoms with Crippen molar-refractivity contribution in [3.05, 3.63) is 29.3 Å². The topological polar surface area (TPSA) is 55.8 Å². The van der Waals surface area contributed by atoms with Crippen LogP contribution in [-0.4, -0.2) is 30.4 Å². The Morgan fingerprint density at radius 1 is 1.35 bits per heavy atom. The van der Waals surface area contributed by atoms with Gasteiger partial charge in [0.2, 0.25) is 5.82 Å². The smallest absolute Gasteiger partial charge is 0.333 e. The van der Waals surface area contributed by atoms with Gasteiger partial charge in [-0.15, -0.1) is 0 Å². The van der Waals surface area contributed by atoms with E-state index in [4.69, 9.17) is 9.47 Å². The van der Waals surface area contributed by atoms with Crippen LogP contribution in [0.3, 0.4) is 0 Å². The van der Waals surface area contributed by atoms with E-state index in [1.165, 1.54) is 13.2 Å². The number of hydrogen-bond donors (Lipinski definition) is 1. The molecule has 1 aliphatic rings. The number of aliphatic carboxylic acids is 1. The van der Waals surface area contributed by atoms with Gasteiger partial charge in [0.15, 0.2) is 17.7 Å². The molecule has 1 fully saturated rings. The third-order valence-corrected chi connectivity index (χ3v) is 3.88. The Hall–Kier alpha value is -1.69. The van der Waals surface area contributed by atoms with Crippen LogP contribution in [-0.2, 0) is 9.53 Å². The zero-order valence-electron chi connectivity index (χ0n) is 11.4. The van der Waals surface area contributed by atoms with Crippen molar-refractivity contribution in [2.24, 2.45) is 5.92 Å². The van der Waals surface area contributed by atoms with Gasteiger partial charge in [0, 0.05) is 11.5 Å². The van der Waals surface area contributed by atoms with Gasteiger partial charge in [0.05, 0.1) is 13.2 Å². The lowest BCUT2D eigenvalue weighted by Gasteiger charge is -2.21. The highest BCUT2D eigenvalue weighted by molar-refractivity contribution is 5.74. The van der Waals surface area contributed by atoms with Crippen LogP contribution in [0.5, 0.6) is 5.75 Å². The molecule has 0 radical (unpaired) electrons. The highest BCUT2D eigenvalue weighted by atomic mass is 19.2. The minimum absolute atomic E-state index is 0.158. The van der Waals surface area contributed by atoms with Crippen LogP contribution in [0, 0.1) is 17.6 Å². The summed E-state index contributed by atoms with van der Waals surface area (Å²) in [7, 11) is 1.22. The second kappa shape index (κ2) is 5.36. The molecule has 0 saturated carbocycles. The predicted octanol–water partition coefficient (Wildman–Crippen LogP) is 2.57. The molecule has 1 heterocycles. The van der Waals surface area contributed by atoms with E-state index in [-0.39, 0.29) is 17.8 Å². The summed E-state index contributed by atoms with van der Waals surface area (Å²) < 4.78 is 37.4. The fraction of sp³-hybridized carbons (Fsp3) is 0.500. The Morgan fingerprint density at radius 2 is 2.00 bits per heavy atom. The summed E-state index contributed by atoms with van der Waals surface area (Å²) in [6.45, 7) is 3.58. The van der Waals surface area contributed by atoms with Gasteiger partial charge in [-0.05, 0) is 18.9 Å². The number of rotatable bonds is 3. The van der Waals surface area contributed by atoms with Gasteiger partial charge in [-0.3, -0.25) is 0 Å². The maximum atomic E-state index is 13.8. The summed E-state index contributed by atoms with van der Waals surface area (Å²) in [4.78, 5) is 11.3. The van der Waals surface area contributed by atoms with Crippen LogP contribution in [0.15, 0.2) is 12.1 Å². The number of carboxylic acids is 1. The van der Waals surface area contributed by atoms with Gasteiger partial charge >= 0.3 is 5.97 Å². The van der Waals surface area contributed by atoms with Gasteiger partial charge in [-0.2, -0.15) is 4.39 Å². The second-order valence-electron chi connectivity index (χ2n) is 4.97.